The number of hydrogen-bond donors (Lipinski definition) is 2. The third-order valence-electron chi connectivity index (χ3n) is 5.45. The van der Waals surface area contributed by atoms with Crippen LogP contribution in [-0.2, 0) is 9.31 Å². The van der Waals surface area contributed by atoms with Gasteiger partial charge in [-0.2, -0.15) is 13.2 Å². The first kappa shape index (κ1) is 25.3. The van der Waals surface area contributed by atoms with E-state index in [1.54, 1.807) is 34.6 Å². The first-order valence-corrected chi connectivity index (χ1v) is 9.64. The molecule has 11 heteroatoms. The van der Waals surface area contributed by atoms with Crippen LogP contribution in [0.1, 0.15) is 40.2 Å². The maximum Gasteiger partial charge on any atom is 0.497 e. The van der Waals surface area contributed by atoms with Crippen molar-refractivity contribution in [2.24, 2.45) is 16.6 Å². The van der Waals surface area contributed by atoms with Gasteiger partial charge in [0.15, 0.2) is 11.6 Å². The lowest BCUT2D eigenvalue weighted by atomic mass is 9.77. The lowest BCUT2D eigenvalue weighted by Crippen LogP contribution is -2.41. The highest BCUT2D eigenvalue weighted by molar-refractivity contribution is 6.62. The summed E-state index contributed by atoms with van der Waals surface area (Å²) in [6.45, 7) is 8.26. The van der Waals surface area contributed by atoms with Gasteiger partial charge >= 0.3 is 13.3 Å². The zero-order valence-electron chi connectivity index (χ0n) is 18.0. The topological polar surface area (TPSA) is 77.1 Å². The third kappa shape index (κ3) is 5.27. The molecule has 0 aliphatic carbocycles. The van der Waals surface area contributed by atoms with Gasteiger partial charge in [0.25, 0.3) is 0 Å². The van der Waals surface area contributed by atoms with E-state index in [2.05, 4.69) is 4.99 Å². The number of alkyl halides is 3. The van der Waals surface area contributed by atoms with Gasteiger partial charge in [-0.15, -0.1) is 0 Å². The number of allylic oxidation sites excluding steroid dienone is 2. The second kappa shape index (κ2) is 8.87. The van der Waals surface area contributed by atoms with Crippen molar-refractivity contribution in [3.05, 3.63) is 35.0 Å². The number of nitrogens with two attached hydrogens (primary N) is 1. The Morgan fingerprint density at radius 2 is 1.71 bits per heavy atom. The predicted molar refractivity (Wildman–Crippen MR) is 109 cm³/mol. The molecule has 1 saturated heterocycles. The fourth-order valence-corrected chi connectivity index (χ4v) is 2.74. The first-order chi connectivity index (χ1) is 14.1. The van der Waals surface area contributed by atoms with Crippen LogP contribution in [0.5, 0.6) is 0 Å². The minimum Gasteiger partial charge on any atom is -0.399 e. The molecule has 1 heterocycles. The molecule has 31 heavy (non-hydrogen) atoms. The summed E-state index contributed by atoms with van der Waals surface area (Å²) in [6.07, 6.45) is -4.25. The van der Waals surface area contributed by atoms with Gasteiger partial charge in [0.2, 0.25) is 0 Å². The Morgan fingerprint density at radius 3 is 2.19 bits per heavy atom. The third-order valence-corrected chi connectivity index (χ3v) is 5.45. The van der Waals surface area contributed by atoms with Crippen LogP contribution in [0.25, 0.3) is 5.57 Å². The zero-order valence-corrected chi connectivity index (χ0v) is 18.0. The standard InChI is InChI=1S/C20H26BF5N2O3/c1-11(10-29)8-28-9-13(17(27)20(24,25)26)12-6-7-14(16(23)15(12)22)21-30-18(2,3)19(4,5)31-21/h6-7,9,11,29H,8,10,27H2,1-5H3/b17-13+,28-9?. The summed E-state index contributed by atoms with van der Waals surface area (Å²) < 4.78 is 80.9. The molecule has 0 aromatic heterocycles. The minimum absolute atomic E-state index is 0.0265. The van der Waals surface area contributed by atoms with Crippen molar-refractivity contribution in [3.63, 3.8) is 0 Å². The second-order valence-electron chi connectivity index (χ2n) is 8.53. The summed E-state index contributed by atoms with van der Waals surface area (Å²) in [7, 11) is -1.24. The average molecular weight is 448 g/mol. The van der Waals surface area contributed by atoms with Crippen molar-refractivity contribution >= 4 is 24.4 Å². The van der Waals surface area contributed by atoms with Crippen molar-refractivity contribution in [1.82, 2.24) is 0 Å². The Labute approximate surface area is 178 Å². The van der Waals surface area contributed by atoms with E-state index in [1.165, 1.54) is 0 Å². The second-order valence-corrected chi connectivity index (χ2v) is 8.53. The zero-order chi connectivity index (χ0) is 23.8. The molecule has 0 radical (unpaired) electrons. The first-order valence-electron chi connectivity index (χ1n) is 9.64. The molecule has 1 aliphatic heterocycles. The van der Waals surface area contributed by atoms with Gasteiger partial charge in [-0.05, 0) is 33.6 Å². The Balaban J connectivity index is 2.51. The maximum absolute atomic E-state index is 14.9. The normalized spacial score (nSPS) is 20.3. The molecule has 5 nitrogen and oxygen atoms in total. The van der Waals surface area contributed by atoms with Gasteiger partial charge in [-0.25, -0.2) is 8.78 Å². The van der Waals surface area contributed by atoms with Crippen molar-refractivity contribution in [2.45, 2.75) is 52.0 Å². The minimum atomic E-state index is -4.99. The van der Waals surface area contributed by atoms with E-state index < -0.39 is 53.0 Å². The average Bonchev–Trinajstić information content (AvgIpc) is 2.87. The largest absolute Gasteiger partial charge is 0.497 e. The fraction of sp³-hybridized carbons (Fsp3) is 0.550. The Bertz CT molecular complexity index is 868. The van der Waals surface area contributed by atoms with E-state index in [1.807, 2.05) is 0 Å². The molecule has 0 spiro atoms. The molecule has 1 fully saturated rings. The number of nitrogens with zero attached hydrogens (tertiary/aromatic N) is 1. The van der Waals surface area contributed by atoms with Crippen molar-refractivity contribution in [1.29, 1.82) is 0 Å². The Hall–Kier alpha value is -1.98. The van der Waals surface area contributed by atoms with Gasteiger partial charge in [-0.3, -0.25) is 4.99 Å². The van der Waals surface area contributed by atoms with E-state index in [-0.39, 0.29) is 24.5 Å². The van der Waals surface area contributed by atoms with Crippen LogP contribution in [0, 0.1) is 17.6 Å². The molecule has 3 N–H and O–H groups in total. The number of aliphatic hydroxyl groups excluding tert-OH is 1. The molecule has 0 bridgehead atoms. The van der Waals surface area contributed by atoms with Gasteiger partial charge in [0.05, 0.1) is 11.2 Å². The molecular formula is C20H26BF5N2O3. The number of rotatable bonds is 6. The summed E-state index contributed by atoms with van der Waals surface area (Å²) >= 11 is 0. The van der Waals surface area contributed by atoms with Crippen LogP contribution in [0.3, 0.4) is 0 Å². The Kier molecular flexibility index (Phi) is 7.24. The predicted octanol–water partition coefficient (Wildman–Crippen LogP) is 3.20. The lowest BCUT2D eigenvalue weighted by molar-refractivity contribution is -0.0918. The van der Waals surface area contributed by atoms with E-state index in [0.717, 1.165) is 18.3 Å². The summed E-state index contributed by atoms with van der Waals surface area (Å²) in [4.78, 5) is 3.80. The van der Waals surface area contributed by atoms with Crippen LogP contribution in [0.4, 0.5) is 22.0 Å². The number of aliphatic imine (C=N–C) groups is 1. The maximum atomic E-state index is 14.9. The van der Waals surface area contributed by atoms with Crippen LogP contribution in [0.2, 0.25) is 0 Å². The molecule has 1 aliphatic rings. The van der Waals surface area contributed by atoms with Crippen LogP contribution in [-0.4, -0.2) is 49.0 Å². The van der Waals surface area contributed by atoms with E-state index in [4.69, 9.17) is 20.1 Å². The molecule has 1 aromatic carbocycles. The van der Waals surface area contributed by atoms with E-state index in [9.17, 15) is 22.0 Å². The highest BCUT2D eigenvalue weighted by Crippen LogP contribution is 2.37. The van der Waals surface area contributed by atoms with Gasteiger partial charge < -0.3 is 20.1 Å². The quantitative estimate of drug-likeness (QED) is 0.398. The van der Waals surface area contributed by atoms with Gasteiger partial charge in [-0.1, -0.05) is 19.1 Å². The molecule has 0 amide bonds. The number of aliphatic hydroxyl groups is 1. The summed E-state index contributed by atoms with van der Waals surface area (Å²) in [5.74, 6) is -3.27. The molecule has 1 unspecified atom stereocenters. The smallest absolute Gasteiger partial charge is 0.399 e. The summed E-state index contributed by atoms with van der Waals surface area (Å²) in [5, 5.41) is 9.02. The van der Waals surface area contributed by atoms with E-state index >= 15 is 0 Å². The lowest BCUT2D eigenvalue weighted by Gasteiger charge is -2.32. The summed E-state index contributed by atoms with van der Waals surface area (Å²) in [6, 6.07) is 2.08. The summed E-state index contributed by atoms with van der Waals surface area (Å²) in [5.41, 5.74) is 0.156. The van der Waals surface area contributed by atoms with Crippen LogP contribution >= 0.6 is 0 Å². The highest BCUT2D eigenvalue weighted by atomic mass is 19.4. The molecule has 1 aromatic rings. The Morgan fingerprint density at radius 1 is 1.16 bits per heavy atom. The van der Waals surface area contributed by atoms with Crippen molar-refractivity contribution in [2.75, 3.05) is 13.2 Å². The molecule has 2 rings (SSSR count). The van der Waals surface area contributed by atoms with E-state index in [0.29, 0.717) is 0 Å². The molecule has 1 atom stereocenters. The number of benzene rings is 1. The molecule has 0 saturated carbocycles. The number of hydrogen-bond acceptors (Lipinski definition) is 5. The van der Waals surface area contributed by atoms with Crippen LogP contribution in [0.15, 0.2) is 22.8 Å². The van der Waals surface area contributed by atoms with Gasteiger partial charge in [0, 0.05) is 36.0 Å². The molecule has 172 valence electrons. The highest BCUT2D eigenvalue weighted by Gasteiger charge is 2.52. The SMILES string of the molecule is CC(CO)CN=C/C(=C(\N)C(F)(F)F)c1ccc(B2OC(C)(C)C(C)(C)O2)c(F)c1F. The van der Waals surface area contributed by atoms with Crippen molar-refractivity contribution in [3.8, 4) is 0 Å². The van der Waals surface area contributed by atoms with Crippen molar-refractivity contribution < 1.29 is 36.4 Å². The van der Waals surface area contributed by atoms with Crippen LogP contribution < -0.4 is 11.2 Å². The monoisotopic (exact) mass is 448 g/mol. The fourth-order valence-electron chi connectivity index (χ4n) is 2.74. The molecular weight excluding hydrogens is 422 g/mol. The number of halogens is 5. The van der Waals surface area contributed by atoms with Gasteiger partial charge in [0.1, 0.15) is 5.70 Å².